The van der Waals surface area contributed by atoms with Crippen LogP contribution in [0.3, 0.4) is 0 Å². The van der Waals surface area contributed by atoms with Crippen LogP contribution in [0.1, 0.15) is 5.56 Å². The average molecular weight is 284 g/mol. The highest BCUT2D eigenvalue weighted by atomic mass is 35.5. The molecule has 0 radical (unpaired) electrons. The molecule has 0 atom stereocenters. The molecule has 17 heavy (non-hydrogen) atoms. The molecule has 0 spiro atoms. The van der Waals surface area contributed by atoms with Crippen LogP contribution in [0.2, 0.25) is 10.0 Å². The number of nitrogens with zero attached hydrogens (tertiary/aromatic N) is 1. The summed E-state index contributed by atoms with van der Waals surface area (Å²) in [6.45, 7) is -0.244. The summed E-state index contributed by atoms with van der Waals surface area (Å²) in [4.78, 5) is 1.41. The van der Waals surface area contributed by atoms with Gasteiger partial charge in [-0.05, 0) is 12.1 Å². The number of hydrogen-bond donors (Lipinski definition) is 1. The van der Waals surface area contributed by atoms with Crippen molar-refractivity contribution >= 4 is 23.2 Å². The van der Waals surface area contributed by atoms with E-state index in [0.717, 1.165) is 0 Å². The van der Waals surface area contributed by atoms with Gasteiger partial charge in [-0.25, -0.2) is 8.78 Å². The molecular weight excluding hydrogens is 271 g/mol. The topological polar surface area (TPSA) is 23.5 Å². The van der Waals surface area contributed by atoms with E-state index < -0.39 is 13.0 Å². The molecule has 0 bridgehead atoms. The van der Waals surface area contributed by atoms with Gasteiger partial charge in [0.25, 0.3) is 6.43 Å². The zero-order valence-electron chi connectivity index (χ0n) is 9.04. The number of alkyl halides is 2. The van der Waals surface area contributed by atoms with Crippen molar-refractivity contribution in [3.05, 3.63) is 33.8 Å². The van der Waals surface area contributed by atoms with Crippen LogP contribution in [0.25, 0.3) is 0 Å². The molecule has 0 heterocycles. The number of hydrogen-bond acceptors (Lipinski definition) is 2. The van der Waals surface area contributed by atoms with Crippen molar-refractivity contribution in [2.24, 2.45) is 0 Å². The Bertz CT molecular complexity index is 343. The normalized spacial score (nSPS) is 11.5. The molecule has 0 aromatic heterocycles. The van der Waals surface area contributed by atoms with Gasteiger partial charge in [0, 0.05) is 28.7 Å². The van der Waals surface area contributed by atoms with E-state index in [0.29, 0.717) is 15.6 Å². The van der Waals surface area contributed by atoms with Gasteiger partial charge in [-0.15, -0.1) is 0 Å². The lowest BCUT2D eigenvalue weighted by Gasteiger charge is -2.21. The Kier molecular flexibility index (Phi) is 6.12. The highest BCUT2D eigenvalue weighted by Gasteiger charge is 2.15. The molecule has 0 saturated heterocycles. The van der Waals surface area contributed by atoms with Crippen LogP contribution in [0.5, 0.6) is 0 Å². The van der Waals surface area contributed by atoms with Gasteiger partial charge in [-0.2, -0.15) is 0 Å². The van der Waals surface area contributed by atoms with E-state index in [1.807, 2.05) is 0 Å². The quantitative estimate of drug-likeness (QED) is 0.868. The van der Waals surface area contributed by atoms with E-state index in [4.69, 9.17) is 28.3 Å². The van der Waals surface area contributed by atoms with Gasteiger partial charge in [0.1, 0.15) is 0 Å². The first kappa shape index (κ1) is 14.6. The number of benzene rings is 1. The van der Waals surface area contributed by atoms with Crippen LogP contribution in [0.4, 0.5) is 8.78 Å². The van der Waals surface area contributed by atoms with Gasteiger partial charge in [0.2, 0.25) is 0 Å². The number of halogens is 4. The average Bonchev–Trinajstić information content (AvgIpc) is 2.23. The second kappa shape index (κ2) is 7.11. The minimum Gasteiger partial charge on any atom is -0.395 e. The Balaban J connectivity index is 2.78. The first-order chi connectivity index (χ1) is 8.04. The highest BCUT2D eigenvalue weighted by Crippen LogP contribution is 2.25. The smallest absolute Gasteiger partial charge is 0.251 e. The summed E-state index contributed by atoms with van der Waals surface area (Å²) >= 11 is 11.9. The van der Waals surface area contributed by atoms with Crippen molar-refractivity contribution in [2.45, 2.75) is 13.0 Å². The van der Waals surface area contributed by atoms with Crippen molar-refractivity contribution in [2.75, 3.05) is 19.7 Å². The van der Waals surface area contributed by atoms with E-state index in [1.54, 1.807) is 18.2 Å². The summed E-state index contributed by atoms with van der Waals surface area (Å²) in [5.41, 5.74) is 0.602. The first-order valence-corrected chi connectivity index (χ1v) is 5.84. The third-order valence-corrected chi connectivity index (χ3v) is 2.96. The van der Waals surface area contributed by atoms with Crippen molar-refractivity contribution < 1.29 is 13.9 Å². The van der Waals surface area contributed by atoms with Crippen LogP contribution in [0.15, 0.2) is 18.2 Å². The number of aliphatic hydroxyl groups excluding tert-OH is 1. The van der Waals surface area contributed by atoms with Gasteiger partial charge >= 0.3 is 0 Å². The highest BCUT2D eigenvalue weighted by molar-refractivity contribution is 6.35. The zero-order chi connectivity index (χ0) is 12.8. The van der Waals surface area contributed by atoms with E-state index in [-0.39, 0.29) is 19.7 Å². The molecule has 0 saturated carbocycles. The maximum Gasteiger partial charge on any atom is 0.251 e. The maximum atomic E-state index is 12.3. The predicted octanol–water partition coefficient (Wildman–Crippen LogP) is 3.05. The fourth-order valence-electron chi connectivity index (χ4n) is 1.48. The predicted molar refractivity (Wildman–Crippen MR) is 64.8 cm³/mol. The molecule has 0 aliphatic carbocycles. The summed E-state index contributed by atoms with van der Waals surface area (Å²) in [5.74, 6) is 0. The standard InChI is InChI=1S/C11H13Cl2F2NO/c12-9-2-1-3-10(13)8(9)6-16(4-5-17)7-11(14)15/h1-3,11,17H,4-7H2. The zero-order valence-corrected chi connectivity index (χ0v) is 10.6. The molecule has 0 unspecified atom stereocenters. The van der Waals surface area contributed by atoms with Crippen molar-refractivity contribution in [1.82, 2.24) is 4.90 Å². The lowest BCUT2D eigenvalue weighted by atomic mass is 10.2. The molecule has 1 aromatic rings. The Morgan fingerprint density at radius 1 is 1.24 bits per heavy atom. The van der Waals surface area contributed by atoms with Crippen LogP contribution in [-0.4, -0.2) is 36.1 Å². The first-order valence-electron chi connectivity index (χ1n) is 5.09. The van der Waals surface area contributed by atoms with Crippen molar-refractivity contribution in [3.63, 3.8) is 0 Å². The molecule has 0 amide bonds. The molecule has 6 heteroatoms. The maximum absolute atomic E-state index is 12.3. The van der Waals surface area contributed by atoms with Gasteiger partial charge in [-0.3, -0.25) is 4.90 Å². The summed E-state index contributed by atoms with van der Waals surface area (Å²) in [7, 11) is 0. The Hall–Kier alpha value is -0.420. The fraction of sp³-hybridized carbons (Fsp3) is 0.455. The lowest BCUT2D eigenvalue weighted by Crippen LogP contribution is -2.31. The van der Waals surface area contributed by atoms with E-state index >= 15 is 0 Å². The molecule has 2 nitrogen and oxygen atoms in total. The fourth-order valence-corrected chi connectivity index (χ4v) is 2.00. The van der Waals surface area contributed by atoms with Crippen molar-refractivity contribution in [3.8, 4) is 0 Å². The minimum absolute atomic E-state index is 0.159. The lowest BCUT2D eigenvalue weighted by molar-refractivity contribution is 0.0747. The number of aliphatic hydroxyl groups is 1. The summed E-state index contributed by atoms with van der Waals surface area (Å²) < 4.78 is 24.6. The molecule has 0 aliphatic heterocycles. The second-order valence-corrected chi connectivity index (χ2v) is 4.36. The molecule has 1 rings (SSSR count). The van der Waals surface area contributed by atoms with Crippen LogP contribution in [-0.2, 0) is 6.54 Å². The summed E-state index contributed by atoms with van der Waals surface area (Å²) in [5, 5.41) is 9.69. The number of rotatable bonds is 6. The third-order valence-electron chi connectivity index (χ3n) is 2.26. The molecule has 1 N–H and O–H groups in total. The molecule has 0 fully saturated rings. The Morgan fingerprint density at radius 3 is 2.29 bits per heavy atom. The van der Waals surface area contributed by atoms with E-state index in [9.17, 15) is 8.78 Å². The third kappa shape index (κ3) is 4.76. The molecule has 1 aromatic carbocycles. The Morgan fingerprint density at radius 2 is 1.82 bits per heavy atom. The van der Waals surface area contributed by atoms with Gasteiger partial charge in [0.05, 0.1) is 13.2 Å². The van der Waals surface area contributed by atoms with Gasteiger partial charge < -0.3 is 5.11 Å². The minimum atomic E-state index is -2.46. The molecule has 96 valence electrons. The van der Waals surface area contributed by atoms with Crippen molar-refractivity contribution in [1.29, 1.82) is 0 Å². The van der Waals surface area contributed by atoms with Crippen LogP contribution < -0.4 is 0 Å². The summed E-state index contributed by atoms with van der Waals surface area (Å²) in [6, 6.07) is 5.00. The molecular formula is C11H13Cl2F2NO. The van der Waals surface area contributed by atoms with Crippen LogP contribution in [0, 0.1) is 0 Å². The monoisotopic (exact) mass is 283 g/mol. The SMILES string of the molecule is OCCN(Cc1c(Cl)cccc1Cl)CC(F)F. The summed E-state index contributed by atoms with van der Waals surface area (Å²) in [6.07, 6.45) is -2.46. The van der Waals surface area contributed by atoms with Gasteiger partial charge in [-0.1, -0.05) is 29.3 Å². The second-order valence-electron chi connectivity index (χ2n) is 3.55. The van der Waals surface area contributed by atoms with Crippen LogP contribution >= 0.6 is 23.2 Å². The Labute approximate surface area is 109 Å². The largest absolute Gasteiger partial charge is 0.395 e. The van der Waals surface area contributed by atoms with Gasteiger partial charge in [0.15, 0.2) is 0 Å². The van der Waals surface area contributed by atoms with E-state index in [2.05, 4.69) is 0 Å². The van der Waals surface area contributed by atoms with E-state index in [1.165, 1.54) is 4.90 Å². The molecule has 0 aliphatic rings.